The van der Waals surface area contributed by atoms with Crippen molar-refractivity contribution in [2.24, 2.45) is 11.1 Å². The van der Waals surface area contributed by atoms with Crippen LogP contribution in [-0.2, 0) is 4.79 Å². The van der Waals surface area contributed by atoms with E-state index < -0.39 is 6.04 Å². The van der Waals surface area contributed by atoms with Crippen molar-refractivity contribution in [3.8, 4) is 0 Å². The molecule has 20 heavy (non-hydrogen) atoms. The van der Waals surface area contributed by atoms with Crippen LogP contribution in [0.15, 0.2) is 24.3 Å². The number of carbonyl (C=O) groups excluding carboxylic acids is 2. The van der Waals surface area contributed by atoms with E-state index >= 15 is 0 Å². The molecule has 5 nitrogen and oxygen atoms in total. The summed E-state index contributed by atoms with van der Waals surface area (Å²) in [5.41, 5.74) is 6.51. The summed E-state index contributed by atoms with van der Waals surface area (Å²) in [6.45, 7) is 5.69. The third-order valence-electron chi connectivity index (χ3n) is 3.04. The monoisotopic (exact) mass is 277 g/mol. The molecule has 3 N–H and O–H groups in total. The summed E-state index contributed by atoms with van der Waals surface area (Å²) in [6, 6.07) is 6.26. The maximum atomic E-state index is 12.1. The number of hydrogen-bond donors (Lipinski definition) is 2. The Morgan fingerprint density at radius 3 is 2.25 bits per heavy atom. The molecule has 0 aromatic heterocycles. The van der Waals surface area contributed by atoms with Gasteiger partial charge in [-0.3, -0.25) is 9.59 Å². The number of nitrogens with one attached hydrogen (secondary N) is 1. The largest absolute Gasteiger partial charge is 0.345 e. The number of anilines is 1. The molecule has 0 spiro atoms. The van der Waals surface area contributed by atoms with Gasteiger partial charge in [0.15, 0.2) is 0 Å². The Balaban J connectivity index is 2.99. The molecule has 0 aliphatic rings. The van der Waals surface area contributed by atoms with E-state index in [2.05, 4.69) is 5.32 Å². The predicted octanol–water partition coefficient (Wildman–Crippen LogP) is 1.70. The minimum atomic E-state index is -0.648. The number of para-hydroxylation sites is 1. The normalized spacial score (nSPS) is 12.7. The third-order valence-corrected chi connectivity index (χ3v) is 3.04. The van der Waals surface area contributed by atoms with Crippen LogP contribution < -0.4 is 11.1 Å². The van der Waals surface area contributed by atoms with Gasteiger partial charge in [-0.15, -0.1) is 0 Å². The van der Waals surface area contributed by atoms with Crippen LogP contribution in [-0.4, -0.2) is 36.9 Å². The van der Waals surface area contributed by atoms with Crippen LogP contribution in [0.4, 0.5) is 5.69 Å². The molecule has 0 unspecified atom stereocenters. The van der Waals surface area contributed by atoms with Crippen LogP contribution in [0.1, 0.15) is 31.1 Å². The second-order valence-corrected chi connectivity index (χ2v) is 6.08. The number of nitrogens with two attached hydrogens (primary N) is 1. The quantitative estimate of drug-likeness (QED) is 0.883. The van der Waals surface area contributed by atoms with Crippen molar-refractivity contribution in [1.29, 1.82) is 0 Å². The Morgan fingerprint density at radius 1 is 1.20 bits per heavy atom. The lowest BCUT2D eigenvalue weighted by molar-refractivity contribution is -0.119. The average Bonchev–Trinajstić information content (AvgIpc) is 2.36. The molecule has 0 bridgehead atoms. The standard InChI is InChI=1S/C15H23N3O2/c1-15(2,3)12(16)13(19)17-11-9-7-6-8-10(11)14(20)18(4)5/h6-9,12H,16H2,1-5H3,(H,17,19)/t12-/m0/s1. The molecule has 0 aliphatic carbocycles. The zero-order valence-corrected chi connectivity index (χ0v) is 12.7. The lowest BCUT2D eigenvalue weighted by Gasteiger charge is -2.26. The molecule has 1 rings (SSSR count). The lowest BCUT2D eigenvalue weighted by atomic mass is 9.87. The molecular weight excluding hydrogens is 254 g/mol. The van der Waals surface area contributed by atoms with Gasteiger partial charge in [-0.2, -0.15) is 0 Å². The van der Waals surface area contributed by atoms with Crippen LogP contribution in [0.25, 0.3) is 0 Å². The van der Waals surface area contributed by atoms with Crippen molar-refractivity contribution in [3.63, 3.8) is 0 Å². The minimum Gasteiger partial charge on any atom is -0.345 e. The number of rotatable bonds is 3. The van der Waals surface area contributed by atoms with Gasteiger partial charge in [-0.25, -0.2) is 0 Å². The van der Waals surface area contributed by atoms with Crippen LogP contribution in [0.5, 0.6) is 0 Å². The zero-order valence-electron chi connectivity index (χ0n) is 12.7. The van der Waals surface area contributed by atoms with E-state index in [0.29, 0.717) is 11.3 Å². The second kappa shape index (κ2) is 6.05. The molecular formula is C15H23N3O2. The van der Waals surface area contributed by atoms with Crippen molar-refractivity contribution >= 4 is 17.5 Å². The van der Waals surface area contributed by atoms with E-state index in [1.807, 2.05) is 20.8 Å². The molecule has 110 valence electrons. The van der Waals surface area contributed by atoms with E-state index in [9.17, 15) is 9.59 Å². The van der Waals surface area contributed by atoms with Crippen LogP contribution in [0.2, 0.25) is 0 Å². The number of hydrogen-bond acceptors (Lipinski definition) is 3. The van der Waals surface area contributed by atoms with Crippen molar-refractivity contribution in [2.75, 3.05) is 19.4 Å². The highest BCUT2D eigenvalue weighted by atomic mass is 16.2. The second-order valence-electron chi connectivity index (χ2n) is 6.08. The van der Waals surface area contributed by atoms with Crippen molar-refractivity contribution in [1.82, 2.24) is 4.90 Å². The number of carbonyl (C=O) groups is 2. The molecule has 0 saturated carbocycles. The SMILES string of the molecule is CN(C)C(=O)c1ccccc1NC(=O)[C@H](N)C(C)(C)C. The molecule has 0 fully saturated rings. The van der Waals surface area contributed by atoms with Gasteiger partial charge in [0, 0.05) is 14.1 Å². The summed E-state index contributed by atoms with van der Waals surface area (Å²) in [5.74, 6) is -0.457. The van der Waals surface area contributed by atoms with Crippen LogP contribution in [0, 0.1) is 5.41 Å². The van der Waals surface area contributed by atoms with Gasteiger partial charge in [0.1, 0.15) is 0 Å². The molecule has 0 heterocycles. The van der Waals surface area contributed by atoms with Gasteiger partial charge in [0.05, 0.1) is 17.3 Å². The van der Waals surface area contributed by atoms with Gasteiger partial charge in [-0.05, 0) is 17.5 Å². The molecule has 0 saturated heterocycles. The van der Waals surface area contributed by atoms with Crippen molar-refractivity contribution in [3.05, 3.63) is 29.8 Å². The predicted molar refractivity (Wildman–Crippen MR) is 80.5 cm³/mol. The van der Waals surface area contributed by atoms with Crippen LogP contribution in [0.3, 0.4) is 0 Å². The molecule has 5 heteroatoms. The van der Waals surface area contributed by atoms with E-state index in [4.69, 9.17) is 5.73 Å². The fraction of sp³-hybridized carbons (Fsp3) is 0.467. The average molecular weight is 277 g/mol. The maximum Gasteiger partial charge on any atom is 0.255 e. The summed E-state index contributed by atoms with van der Waals surface area (Å²) in [7, 11) is 3.34. The van der Waals surface area contributed by atoms with E-state index in [-0.39, 0.29) is 17.2 Å². The molecule has 1 aromatic rings. The Kier molecular flexibility index (Phi) is 4.89. The Labute approximate surface area is 120 Å². The van der Waals surface area contributed by atoms with E-state index in [1.54, 1.807) is 38.4 Å². The first kappa shape index (κ1) is 16.2. The summed E-state index contributed by atoms with van der Waals surface area (Å²) >= 11 is 0. The van der Waals surface area contributed by atoms with Gasteiger partial charge in [-0.1, -0.05) is 32.9 Å². The number of benzene rings is 1. The van der Waals surface area contributed by atoms with Gasteiger partial charge in [0.2, 0.25) is 5.91 Å². The molecule has 1 aromatic carbocycles. The Hall–Kier alpha value is -1.88. The first-order valence-corrected chi connectivity index (χ1v) is 6.51. The van der Waals surface area contributed by atoms with E-state index in [1.165, 1.54) is 4.90 Å². The van der Waals surface area contributed by atoms with Gasteiger partial charge < -0.3 is 16.0 Å². The summed E-state index contributed by atoms with van der Waals surface area (Å²) in [6.07, 6.45) is 0. The maximum absolute atomic E-state index is 12.1. The Morgan fingerprint density at radius 2 is 1.75 bits per heavy atom. The van der Waals surface area contributed by atoms with Crippen molar-refractivity contribution < 1.29 is 9.59 Å². The summed E-state index contributed by atoms with van der Waals surface area (Å²) in [5, 5.41) is 2.74. The van der Waals surface area contributed by atoms with Gasteiger partial charge in [0.25, 0.3) is 5.91 Å². The molecule has 0 aliphatic heterocycles. The number of amides is 2. The first-order valence-electron chi connectivity index (χ1n) is 6.51. The zero-order chi connectivity index (χ0) is 15.5. The molecule has 1 atom stereocenters. The minimum absolute atomic E-state index is 0.162. The summed E-state index contributed by atoms with van der Waals surface area (Å²) in [4.78, 5) is 25.7. The fourth-order valence-electron chi connectivity index (χ4n) is 1.62. The highest BCUT2D eigenvalue weighted by molar-refractivity contribution is 6.04. The lowest BCUT2D eigenvalue weighted by Crippen LogP contribution is -2.45. The fourth-order valence-corrected chi connectivity index (χ4v) is 1.62. The Bertz CT molecular complexity index is 504. The topological polar surface area (TPSA) is 75.4 Å². The highest BCUT2D eigenvalue weighted by Crippen LogP contribution is 2.21. The molecule has 0 radical (unpaired) electrons. The summed E-state index contributed by atoms with van der Waals surface area (Å²) < 4.78 is 0. The molecule has 2 amide bonds. The smallest absolute Gasteiger partial charge is 0.255 e. The van der Waals surface area contributed by atoms with Gasteiger partial charge >= 0.3 is 0 Å². The number of nitrogens with zero attached hydrogens (tertiary/aromatic N) is 1. The highest BCUT2D eigenvalue weighted by Gasteiger charge is 2.28. The third kappa shape index (κ3) is 3.81. The van der Waals surface area contributed by atoms with Crippen molar-refractivity contribution in [2.45, 2.75) is 26.8 Å². The van der Waals surface area contributed by atoms with Crippen LogP contribution >= 0.6 is 0 Å². The first-order chi connectivity index (χ1) is 9.14. The van der Waals surface area contributed by atoms with E-state index in [0.717, 1.165) is 0 Å².